The highest BCUT2D eigenvalue weighted by atomic mass is 16.6. The van der Waals surface area contributed by atoms with Crippen LogP contribution in [0.15, 0.2) is 18.2 Å². The third-order valence-corrected chi connectivity index (χ3v) is 4.65. The van der Waals surface area contributed by atoms with Gasteiger partial charge in [0, 0.05) is 32.1 Å². The fourth-order valence-electron chi connectivity index (χ4n) is 3.31. The summed E-state index contributed by atoms with van der Waals surface area (Å²) >= 11 is 0. The number of amides is 2. The summed E-state index contributed by atoms with van der Waals surface area (Å²) in [5, 5.41) is 20.0. The van der Waals surface area contributed by atoms with Crippen LogP contribution in [-0.4, -0.2) is 63.3 Å². The molecule has 1 aromatic rings. The van der Waals surface area contributed by atoms with Crippen molar-refractivity contribution in [3.8, 4) is 0 Å². The minimum atomic E-state index is -1.09. The molecule has 1 unspecified atom stereocenters. The van der Waals surface area contributed by atoms with Gasteiger partial charge in [0.05, 0.1) is 10.5 Å². The number of rotatable bonds is 5. The van der Waals surface area contributed by atoms with E-state index >= 15 is 0 Å². The molecule has 1 aliphatic heterocycles. The summed E-state index contributed by atoms with van der Waals surface area (Å²) in [6.45, 7) is 1.64. The molecule has 10 heteroatoms. The summed E-state index contributed by atoms with van der Waals surface area (Å²) in [6, 6.07) is 3.81. The largest absolute Gasteiger partial charge is 0.480 e. The molecule has 1 aliphatic rings. The molecule has 1 fully saturated rings. The number of carboxylic acids is 1. The van der Waals surface area contributed by atoms with E-state index in [9.17, 15) is 24.5 Å². The van der Waals surface area contributed by atoms with E-state index in [1.807, 2.05) is 0 Å². The summed E-state index contributed by atoms with van der Waals surface area (Å²) < 4.78 is 0. The molecule has 2 rings (SSSR count). The molecular weight excluding hydrogens is 356 g/mol. The van der Waals surface area contributed by atoms with Crippen LogP contribution in [-0.2, 0) is 9.59 Å². The number of para-hydroxylation sites is 1. The summed E-state index contributed by atoms with van der Waals surface area (Å²) in [5.74, 6) is -1.83. The van der Waals surface area contributed by atoms with E-state index in [4.69, 9.17) is 10.8 Å². The first-order valence-corrected chi connectivity index (χ1v) is 8.53. The molecule has 1 aromatic carbocycles. The van der Waals surface area contributed by atoms with Gasteiger partial charge in [0.1, 0.15) is 12.2 Å². The molecule has 1 heterocycles. The van der Waals surface area contributed by atoms with Crippen molar-refractivity contribution in [2.24, 2.45) is 0 Å². The Balaban J connectivity index is 2.15. The lowest BCUT2D eigenvalue weighted by molar-refractivity contribution is -0.383. The highest BCUT2D eigenvalue weighted by Gasteiger charge is 2.29. The first kappa shape index (κ1) is 20.1. The first-order valence-electron chi connectivity index (χ1n) is 8.53. The van der Waals surface area contributed by atoms with Crippen molar-refractivity contribution in [3.05, 3.63) is 33.9 Å². The van der Waals surface area contributed by atoms with Gasteiger partial charge in [-0.3, -0.25) is 24.5 Å². The number of carboxylic acid groups (broad SMARTS) is 1. The quantitative estimate of drug-likeness (QED) is 0.443. The third-order valence-electron chi connectivity index (χ3n) is 4.65. The zero-order chi connectivity index (χ0) is 20.1. The number of carbonyl (C=O) groups excluding carboxylic acids is 2. The highest BCUT2D eigenvalue weighted by molar-refractivity contribution is 6.01. The molecule has 27 heavy (non-hydrogen) atoms. The molecule has 2 amide bonds. The summed E-state index contributed by atoms with van der Waals surface area (Å²) in [4.78, 5) is 48.8. The number of nitrogens with zero attached hydrogens (tertiary/aromatic N) is 3. The van der Waals surface area contributed by atoms with E-state index in [1.54, 1.807) is 0 Å². The molecule has 1 atom stereocenters. The molecule has 0 spiro atoms. The van der Waals surface area contributed by atoms with E-state index in [0.717, 1.165) is 0 Å². The van der Waals surface area contributed by atoms with Gasteiger partial charge in [-0.05, 0) is 25.3 Å². The van der Waals surface area contributed by atoms with Crippen LogP contribution in [0.5, 0.6) is 0 Å². The van der Waals surface area contributed by atoms with Crippen LogP contribution in [0.3, 0.4) is 0 Å². The van der Waals surface area contributed by atoms with Gasteiger partial charge in [0.15, 0.2) is 0 Å². The maximum absolute atomic E-state index is 12.8. The average Bonchev–Trinajstić information content (AvgIpc) is 2.84. The monoisotopic (exact) mass is 378 g/mol. The number of hydrogen-bond acceptors (Lipinski definition) is 6. The number of carbonyl (C=O) groups is 3. The maximum atomic E-state index is 12.8. The van der Waals surface area contributed by atoms with E-state index in [1.165, 1.54) is 34.9 Å². The maximum Gasteiger partial charge on any atom is 0.323 e. The average molecular weight is 378 g/mol. The molecule has 146 valence electrons. The van der Waals surface area contributed by atoms with E-state index in [-0.39, 0.29) is 35.4 Å². The lowest BCUT2D eigenvalue weighted by atomic mass is 10.1. The van der Waals surface area contributed by atoms with Crippen molar-refractivity contribution < 1.29 is 24.4 Å². The van der Waals surface area contributed by atoms with Gasteiger partial charge in [0.2, 0.25) is 5.91 Å². The van der Waals surface area contributed by atoms with Crippen LogP contribution >= 0.6 is 0 Å². The van der Waals surface area contributed by atoms with Gasteiger partial charge >= 0.3 is 5.97 Å². The number of likely N-dealkylation sites (tertiary alicyclic amines) is 1. The number of hydrogen-bond donors (Lipinski definition) is 2. The second-order valence-electron chi connectivity index (χ2n) is 6.41. The van der Waals surface area contributed by atoms with Gasteiger partial charge in [-0.1, -0.05) is 6.07 Å². The minimum Gasteiger partial charge on any atom is -0.480 e. The van der Waals surface area contributed by atoms with E-state index in [2.05, 4.69) is 0 Å². The minimum absolute atomic E-state index is 0.0663. The van der Waals surface area contributed by atoms with Crippen molar-refractivity contribution in [3.63, 3.8) is 0 Å². The summed E-state index contributed by atoms with van der Waals surface area (Å²) in [6.07, 6.45) is 1.57. The van der Waals surface area contributed by atoms with E-state index < -0.39 is 16.8 Å². The molecular formula is C17H22N4O6. The smallest absolute Gasteiger partial charge is 0.323 e. The summed E-state index contributed by atoms with van der Waals surface area (Å²) in [5.41, 5.74) is 5.36. The number of nitro benzene ring substituents is 1. The van der Waals surface area contributed by atoms with Crippen molar-refractivity contribution >= 4 is 29.2 Å². The number of aliphatic carboxylic acids is 1. The van der Waals surface area contributed by atoms with Gasteiger partial charge < -0.3 is 20.6 Å². The highest BCUT2D eigenvalue weighted by Crippen LogP contribution is 2.27. The Morgan fingerprint density at radius 2 is 2.04 bits per heavy atom. The Labute approximate surface area is 155 Å². The normalized spacial score (nSPS) is 17.1. The molecule has 3 N–H and O–H groups in total. The molecule has 10 nitrogen and oxygen atoms in total. The van der Waals surface area contributed by atoms with Crippen molar-refractivity contribution in [2.45, 2.75) is 32.2 Å². The molecule has 0 aromatic heterocycles. The number of anilines is 1. The van der Waals surface area contributed by atoms with Crippen LogP contribution in [0.2, 0.25) is 0 Å². The predicted molar refractivity (Wildman–Crippen MR) is 96.1 cm³/mol. The predicted octanol–water partition coefficient (Wildman–Crippen LogP) is 1.10. The van der Waals surface area contributed by atoms with Crippen LogP contribution in [0, 0.1) is 10.1 Å². The zero-order valence-electron chi connectivity index (χ0n) is 15.0. The SMILES string of the molecule is CC(=O)N(CC(=O)O)C1CCCN(C(=O)c2cccc([N+](=O)[O-])c2N)CC1. The van der Waals surface area contributed by atoms with Crippen LogP contribution in [0.1, 0.15) is 36.5 Å². The molecule has 0 radical (unpaired) electrons. The van der Waals surface area contributed by atoms with Gasteiger partial charge in [0.25, 0.3) is 11.6 Å². The van der Waals surface area contributed by atoms with Crippen molar-refractivity contribution in [2.75, 3.05) is 25.4 Å². The Morgan fingerprint density at radius 1 is 1.33 bits per heavy atom. The van der Waals surface area contributed by atoms with Gasteiger partial charge in [-0.25, -0.2) is 0 Å². The van der Waals surface area contributed by atoms with Crippen LogP contribution < -0.4 is 5.73 Å². The molecule has 0 bridgehead atoms. The molecule has 0 aliphatic carbocycles. The van der Waals surface area contributed by atoms with Gasteiger partial charge in [-0.15, -0.1) is 0 Å². The standard InChI is InChI=1S/C17H22N4O6/c1-11(22)20(10-15(23)24)12-4-3-8-19(9-7-12)17(25)13-5-2-6-14(16(13)18)21(26)27/h2,5-6,12H,3-4,7-10,18H2,1H3,(H,23,24). The first-order chi connectivity index (χ1) is 12.7. The molecule has 1 saturated heterocycles. The second kappa shape index (κ2) is 8.47. The number of nitrogen functional groups attached to an aromatic ring is 1. The fourth-order valence-corrected chi connectivity index (χ4v) is 3.31. The Hall–Kier alpha value is -3.17. The Bertz CT molecular complexity index is 766. The Kier molecular flexibility index (Phi) is 6.32. The molecule has 0 saturated carbocycles. The van der Waals surface area contributed by atoms with E-state index in [0.29, 0.717) is 32.4 Å². The lowest BCUT2D eigenvalue weighted by Crippen LogP contribution is -2.43. The summed E-state index contributed by atoms with van der Waals surface area (Å²) in [7, 11) is 0. The third kappa shape index (κ3) is 4.72. The van der Waals surface area contributed by atoms with Crippen LogP contribution in [0.4, 0.5) is 11.4 Å². The van der Waals surface area contributed by atoms with Crippen LogP contribution in [0.25, 0.3) is 0 Å². The fraction of sp³-hybridized carbons (Fsp3) is 0.471. The zero-order valence-corrected chi connectivity index (χ0v) is 15.0. The Morgan fingerprint density at radius 3 is 2.63 bits per heavy atom. The van der Waals surface area contributed by atoms with Crippen molar-refractivity contribution in [1.82, 2.24) is 9.80 Å². The lowest BCUT2D eigenvalue weighted by Gasteiger charge is -2.29. The second-order valence-corrected chi connectivity index (χ2v) is 6.41. The number of nitro groups is 1. The topological polar surface area (TPSA) is 147 Å². The number of nitrogens with two attached hydrogens (primary N) is 1. The van der Waals surface area contributed by atoms with Gasteiger partial charge in [-0.2, -0.15) is 0 Å². The van der Waals surface area contributed by atoms with Crippen molar-refractivity contribution in [1.29, 1.82) is 0 Å². The number of benzene rings is 1.